The quantitative estimate of drug-likeness (QED) is 0.668. The van der Waals surface area contributed by atoms with E-state index in [0.717, 1.165) is 5.56 Å². The van der Waals surface area contributed by atoms with Gasteiger partial charge in [-0.15, -0.1) is 0 Å². The molecule has 0 saturated carbocycles. The first kappa shape index (κ1) is 22.7. The monoisotopic (exact) mass is 411 g/mol. The van der Waals surface area contributed by atoms with E-state index in [9.17, 15) is 14.4 Å². The van der Waals surface area contributed by atoms with Crippen LogP contribution in [0.4, 0.5) is 5.69 Å². The maximum atomic E-state index is 12.7. The van der Waals surface area contributed by atoms with Crippen LogP contribution in [0.15, 0.2) is 24.3 Å². The molecule has 0 saturated heterocycles. The Labute approximate surface area is 175 Å². The largest absolute Gasteiger partial charge is 0.462 e. The van der Waals surface area contributed by atoms with E-state index in [0.29, 0.717) is 16.9 Å². The molecular formula is C22H25N3O5. The molecule has 2 rings (SSSR count). The van der Waals surface area contributed by atoms with Crippen molar-refractivity contribution in [1.82, 2.24) is 4.98 Å². The fourth-order valence-corrected chi connectivity index (χ4v) is 3.03. The number of amides is 1. The molecule has 0 radical (unpaired) electrons. The van der Waals surface area contributed by atoms with Gasteiger partial charge in [0.25, 0.3) is 5.91 Å². The Morgan fingerprint density at radius 1 is 1.07 bits per heavy atom. The average Bonchev–Trinajstić information content (AvgIpc) is 3.02. The fraction of sp³-hybridized carbons (Fsp3) is 0.364. The van der Waals surface area contributed by atoms with Gasteiger partial charge in [0.1, 0.15) is 5.69 Å². The number of carbonyl (C=O) groups excluding carboxylic acids is 3. The molecule has 0 bridgehead atoms. The first-order valence-corrected chi connectivity index (χ1v) is 9.57. The topological polar surface area (TPSA) is 112 Å². The summed E-state index contributed by atoms with van der Waals surface area (Å²) in [5.74, 6) is -1.72. The van der Waals surface area contributed by atoms with Crippen molar-refractivity contribution in [2.75, 3.05) is 24.7 Å². The summed E-state index contributed by atoms with van der Waals surface area (Å²) in [6.07, 6.45) is 0.144. The second-order valence-electron chi connectivity index (χ2n) is 6.71. The lowest BCUT2D eigenvalue weighted by Crippen LogP contribution is -2.35. The molecule has 8 nitrogen and oxygen atoms in total. The van der Waals surface area contributed by atoms with Gasteiger partial charge in [-0.3, -0.25) is 4.79 Å². The summed E-state index contributed by atoms with van der Waals surface area (Å²) < 4.78 is 10.2. The summed E-state index contributed by atoms with van der Waals surface area (Å²) in [6, 6.07) is 9.27. The van der Waals surface area contributed by atoms with Crippen LogP contribution in [0.1, 0.15) is 51.0 Å². The van der Waals surface area contributed by atoms with Gasteiger partial charge in [0, 0.05) is 17.9 Å². The Hall–Kier alpha value is -3.60. The Kier molecular flexibility index (Phi) is 7.76. The van der Waals surface area contributed by atoms with Gasteiger partial charge in [-0.25, -0.2) is 9.59 Å². The summed E-state index contributed by atoms with van der Waals surface area (Å²) in [6.45, 7) is 6.80. The van der Waals surface area contributed by atoms with Crippen molar-refractivity contribution in [2.24, 2.45) is 0 Å². The number of rotatable bonds is 8. The van der Waals surface area contributed by atoms with E-state index >= 15 is 0 Å². The second-order valence-corrected chi connectivity index (χ2v) is 6.71. The lowest BCUT2D eigenvalue weighted by atomic mass is 10.1. The molecule has 2 aromatic rings. The van der Waals surface area contributed by atoms with E-state index in [1.54, 1.807) is 32.9 Å². The Bertz CT molecular complexity index is 970. The van der Waals surface area contributed by atoms with Crippen molar-refractivity contribution in [1.29, 1.82) is 5.26 Å². The predicted octanol–water partition coefficient (Wildman–Crippen LogP) is 3.22. The van der Waals surface area contributed by atoms with Crippen LogP contribution in [0.2, 0.25) is 0 Å². The van der Waals surface area contributed by atoms with Gasteiger partial charge >= 0.3 is 11.9 Å². The number of esters is 2. The van der Waals surface area contributed by atoms with Crippen molar-refractivity contribution in [3.8, 4) is 6.07 Å². The minimum absolute atomic E-state index is 0.0993. The number of H-pyrrole nitrogens is 1. The van der Waals surface area contributed by atoms with Crippen LogP contribution in [-0.2, 0) is 14.3 Å². The third-order valence-electron chi connectivity index (χ3n) is 4.54. The number of carbonyl (C=O) groups is 3. The lowest BCUT2D eigenvalue weighted by Gasteiger charge is -2.21. The van der Waals surface area contributed by atoms with E-state index in [1.165, 1.54) is 4.90 Å². The van der Waals surface area contributed by atoms with Crippen LogP contribution in [0.3, 0.4) is 0 Å². The number of aromatic nitrogens is 1. The van der Waals surface area contributed by atoms with Gasteiger partial charge in [0.05, 0.1) is 24.7 Å². The van der Waals surface area contributed by atoms with Gasteiger partial charge in [-0.05, 0) is 45.4 Å². The first-order chi connectivity index (χ1) is 14.3. The van der Waals surface area contributed by atoms with Crippen molar-refractivity contribution >= 4 is 23.5 Å². The van der Waals surface area contributed by atoms with Crippen LogP contribution in [0.25, 0.3) is 0 Å². The smallest absolute Gasteiger partial charge is 0.355 e. The normalized spacial score (nSPS) is 10.2. The van der Waals surface area contributed by atoms with Crippen molar-refractivity contribution in [3.05, 3.63) is 52.3 Å². The molecule has 1 N–H and O–H groups in total. The van der Waals surface area contributed by atoms with E-state index in [-0.39, 0.29) is 30.8 Å². The van der Waals surface area contributed by atoms with Crippen LogP contribution >= 0.6 is 0 Å². The first-order valence-electron chi connectivity index (χ1n) is 9.57. The number of nitrogens with one attached hydrogen (secondary N) is 1. The number of nitrogens with zero attached hydrogens (tertiary/aromatic N) is 2. The minimum atomic E-state index is -0.747. The van der Waals surface area contributed by atoms with E-state index < -0.39 is 24.5 Å². The van der Waals surface area contributed by atoms with Crippen LogP contribution in [0.5, 0.6) is 0 Å². The molecule has 158 valence electrons. The molecular weight excluding hydrogens is 386 g/mol. The van der Waals surface area contributed by atoms with Crippen molar-refractivity contribution in [3.63, 3.8) is 0 Å². The Morgan fingerprint density at radius 2 is 1.73 bits per heavy atom. The van der Waals surface area contributed by atoms with Crippen LogP contribution < -0.4 is 4.90 Å². The molecule has 0 aliphatic rings. The summed E-state index contributed by atoms with van der Waals surface area (Å²) in [5.41, 5.74) is 2.93. The average molecular weight is 411 g/mol. The molecule has 8 heteroatoms. The van der Waals surface area contributed by atoms with Gasteiger partial charge in [0.2, 0.25) is 0 Å². The zero-order valence-corrected chi connectivity index (χ0v) is 17.6. The molecule has 0 aliphatic carbocycles. The molecule has 0 atom stereocenters. The molecule has 1 aromatic heterocycles. The van der Waals surface area contributed by atoms with Crippen LogP contribution in [-0.4, -0.2) is 42.6 Å². The number of aryl methyl sites for hydroxylation is 2. The molecule has 1 amide bonds. The molecule has 0 aliphatic heterocycles. The highest BCUT2D eigenvalue weighted by atomic mass is 16.5. The summed E-state index contributed by atoms with van der Waals surface area (Å²) >= 11 is 0. The standard InChI is InChI=1S/C22H25N3O5/c1-5-29-21(27)19-15(3)20(24-16(19)4)22(28)30-13-18(26)25(12-6-11-23)17-9-7-14(2)8-10-17/h7-10,24H,5-6,12-13H2,1-4H3. The number of anilines is 1. The molecule has 30 heavy (non-hydrogen) atoms. The molecule has 1 heterocycles. The maximum Gasteiger partial charge on any atom is 0.355 e. The molecule has 0 fully saturated rings. The van der Waals surface area contributed by atoms with Crippen molar-refractivity contribution < 1.29 is 23.9 Å². The van der Waals surface area contributed by atoms with Crippen LogP contribution in [0, 0.1) is 32.1 Å². The Morgan fingerprint density at radius 3 is 2.33 bits per heavy atom. The molecule has 0 unspecified atom stereocenters. The minimum Gasteiger partial charge on any atom is -0.462 e. The number of benzene rings is 1. The lowest BCUT2D eigenvalue weighted by molar-refractivity contribution is -0.121. The number of hydrogen-bond donors (Lipinski definition) is 1. The number of nitriles is 1. The highest BCUT2D eigenvalue weighted by Gasteiger charge is 2.25. The van der Waals surface area contributed by atoms with Gasteiger partial charge in [-0.2, -0.15) is 5.26 Å². The zero-order valence-electron chi connectivity index (χ0n) is 17.6. The third kappa shape index (κ3) is 5.26. The summed E-state index contributed by atoms with van der Waals surface area (Å²) in [4.78, 5) is 41.5. The third-order valence-corrected chi connectivity index (χ3v) is 4.54. The van der Waals surface area contributed by atoms with Gasteiger partial charge in [-0.1, -0.05) is 17.7 Å². The number of ether oxygens (including phenoxy) is 2. The highest BCUT2D eigenvalue weighted by Crippen LogP contribution is 2.20. The summed E-state index contributed by atoms with van der Waals surface area (Å²) in [5, 5.41) is 8.88. The Balaban J connectivity index is 2.12. The number of aromatic amines is 1. The van der Waals surface area contributed by atoms with E-state index in [1.807, 2.05) is 25.1 Å². The fourth-order valence-electron chi connectivity index (χ4n) is 3.03. The summed E-state index contributed by atoms with van der Waals surface area (Å²) in [7, 11) is 0. The van der Waals surface area contributed by atoms with Crippen molar-refractivity contribution in [2.45, 2.75) is 34.1 Å². The predicted molar refractivity (Wildman–Crippen MR) is 110 cm³/mol. The van der Waals surface area contributed by atoms with E-state index in [4.69, 9.17) is 14.7 Å². The van der Waals surface area contributed by atoms with E-state index in [2.05, 4.69) is 4.98 Å². The van der Waals surface area contributed by atoms with Gasteiger partial charge in [0.15, 0.2) is 6.61 Å². The molecule has 1 aromatic carbocycles. The molecule has 0 spiro atoms. The zero-order chi connectivity index (χ0) is 22.3. The maximum absolute atomic E-state index is 12.7. The SMILES string of the molecule is CCOC(=O)c1c(C)[nH]c(C(=O)OCC(=O)N(CCC#N)c2ccc(C)cc2)c1C. The number of hydrogen-bond acceptors (Lipinski definition) is 6. The highest BCUT2D eigenvalue weighted by molar-refractivity contribution is 6.00. The second kappa shape index (κ2) is 10.3. The van der Waals surface area contributed by atoms with Gasteiger partial charge < -0.3 is 19.4 Å².